The number of aliphatic hydroxyl groups is 1. The highest BCUT2D eigenvalue weighted by Crippen LogP contribution is 2.31. The first kappa shape index (κ1) is 14.4. The Hall–Kier alpha value is -2.01. The molecule has 0 aliphatic carbocycles. The number of benzene rings is 1. The zero-order valence-corrected chi connectivity index (χ0v) is 12.1. The first-order valence-electron chi connectivity index (χ1n) is 6.43. The van der Waals surface area contributed by atoms with Gasteiger partial charge >= 0.3 is 0 Å². The lowest BCUT2D eigenvalue weighted by Gasteiger charge is -2.13. The topological polar surface area (TPSA) is 64.7 Å². The number of nitrogens with zero attached hydrogens (tertiary/aromatic N) is 1. The van der Waals surface area contributed by atoms with Gasteiger partial charge in [0.2, 0.25) is 0 Å². The van der Waals surface area contributed by atoms with Gasteiger partial charge in [0.05, 0.1) is 24.5 Å². The predicted molar refractivity (Wildman–Crippen MR) is 73.9 cm³/mol. The van der Waals surface area contributed by atoms with Crippen LogP contribution in [0.2, 0.25) is 0 Å². The molecule has 5 nitrogen and oxygen atoms in total. The molecule has 0 aliphatic heterocycles. The third kappa shape index (κ3) is 2.93. The molecule has 0 bridgehead atoms. The first-order chi connectivity index (χ1) is 9.52. The monoisotopic (exact) mass is 277 g/mol. The second kappa shape index (κ2) is 5.96. The molecule has 1 N–H and O–H groups in total. The Bertz CT molecular complexity index is 570. The van der Waals surface area contributed by atoms with Crippen LogP contribution in [0.1, 0.15) is 35.6 Å². The van der Waals surface area contributed by atoms with Crippen LogP contribution in [0.25, 0.3) is 0 Å². The molecule has 108 valence electrons. The minimum absolute atomic E-state index is 0.367. The van der Waals surface area contributed by atoms with Gasteiger partial charge in [0.1, 0.15) is 12.4 Å². The lowest BCUT2D eigenvalue weighted by atomic mass is 10.1. The second-order valence-electron chi connectivity index (χ2n) is 4.68. The van der Waals surface area contributed by atoms with Crippen molar-refractivity contribution in [1.29, 1.82) is 0 Å². The Morgan fingerprint density at radius 2 is 2.05 bits per heavy atom. The number of hydrogen-bond acceptors (Lipinski definition) is 5. The number of hydrogen-bond donors (Lipinski definition) is 1. The van der Waals surface area contributed by atoms with Crippen LogP contribution in [0.5, 0.6) is 11.5 Å². The molecule has 2 aromatic rings. The van der Waals surface area contributed by atoms with E-state index >= 15 is 0 Å². The van der Waals surface area contributed by atoms with Gasteiger partial charge in [-0.05, 0) is 38.5 Å². The van der Waals surface area contributed by atoms with E-state index in [9.17, 15) is 5.11 Å². The van der Waals surface area contributed by atoms with Crippen molar-refractivity contribution in [1.82, 2.24) is 5.16 Å². The van der Waals surface area contributed by atoms with E-state index in [4.69, 9.17) is 14.0 Å². The molecule has 0 aliphatic rings. The normalized spacial score (nSPS) is 12.2. The number of aromatic nitrogens is 1. The Balaban J connectivity index is 2.17. The van der Waals surface area contributed by atoms with Crippen molar-refractivity contribution in [3.8, 4) is 11.5 Å². The summed E-state index contributed by atoms with van der Waals surface area (Å²) < 4.78 is 16.2. The summed E-state index contributed by atoms with van der Waals surface area (Å²) in [6, 6.07) is 5.38. The second-order valence-corrected chi connectivity index (χ2v) is 4.68. The van der Waals surface area contributed by atoms with E-state index in [1.807, 2.05) is 19.9 Å². The van der Waals surface area contributed by atoms with Crippen molar-refractivity contribution >= 4 is 0 Å². The summed E-state index contributed by atoms with van der Waals surface area (Å²) in [6.07, 6.45) is -0.541. The highest BCUT2D eigenvalue weighted by molar-refractivity contribution is 5.43. The molecule has 0 spiro atoms. The number of rotatable bonds is 5. The van der Waals surface area contributed by atoms with Gasteiger partial charge < -0.3 is 19.1 Å². The van der Waals surface area contributed by atoms with Crippen molar-refractivity contribution in [2.24, 2.45) is 0 Å². The maximum absolute atomic E-state index is 9.57. The number of methoxy groups -OCH3 is 1. The van der Waals surface area contributed by atoms with E-state index in [0.717, 1.165) is 22.6 Å². The number of ether oxygens (including phenoxy) is 2. The summed E-state index contributed by atoms with van der Waals surface area (Å²) in [5.74, 6) is 1.97. The Morgan fingerprint density at radius 1 is 1.30 bits per heavy atom. The molecule has 0 amide bonds. The molecule has 1 atom stereocenters. The molecular weight excluding hydrogens is 258 g/mol. The van der Waals surface area contributed by atoms with E-state index in [-0.39, 0.29) is 0 Å². The molecule has 5 heteroatoms. The van der Waals surface area contributed by atoms with Crippen molar-refractivity contribution < 1.29 is 19.1 Å². The molecular formula is C15H19NO4. The van der Waals surface area contributed by atoms with Crippen LogP contribution in [0.3, 0.4) is 0 Å². The maximum Gasteiger partial charge on any atom is 0.161 e. The lowest BCUT2D eigenvalue weighted by Crippen LogP contribution is -2.01. The molecule has 1 heterocycles. The third-order valence-electron chi connectivity index (χ3n) is 3.22. The minimum atomic E-state index is -0.541. The van der Waals surface area contributed by atoms with Gasteiger partial charge in [-0.1, -0.05) is 11.2 Å². The van der Waals surface area contributed by atoms with E-state index in [1.54, 1.807) is 26.2 Å². The summed E-state index contributed by atoms with van der Waals surface area (Å²) in [7, 11) is 1.57. The molecule has 20 heavy (non-hydrogen) atoms. The molecule has 1 aromatic carbocycles. The van der Waals surface area contributed by atoms with E-state index in [0.29, 0.717) is 18.1 Å². The average Bonchev–Trinajstić information content (AvgIpc) is 2.75. The largest absolute Gasteiger partial charge is 0.493 e. The van der Waals surface area contributed by atoms with Crippen molar-refractivity contribution in [2.75, 3.05) is 7.11 Å². The zero-order chi connectivity index (χ0) is 14.7. The summed E-state index contributed by atoms with van der Waals surface area (Å²) in [5.41, 5.74) is 2.54. The molecule has 0 radical (unpaired) electrons. The number of aliphatic hydroxyl groups excluding tert-OH is 1. The highest BCUT2D eigenvalue weighted by Gasteiger charge is 2.12. The summed E-state index contributed by atoms with van der Waals surface area (Å²) in [5, 5.41) is 13.5. The predicted octanol–water partition coefficient (Wildman–Crippen LogP) is 2.93. The van der Waals surface area contributed by atoms with E-state index in [2.05, 4.69) is 5.16 Å². The van der Waals surface area contributed by atoms with Crippen LogP contribution >= 0.6 is 0 Å². The lowest BCUT2D eigenvalue weighted by molar-refractivity contribution is 0.198. The van der Waals surface area contributed by atoms with Crippen LogP contribution in [-0.2, 0) is 6.61 Å². The molecule has 0 saturated carbocycles. The van der Waals surface area contributed by atoms with Crippen LogP contribution < -0.4 is 9.47 Å². The summed E-state index contributed by atoms with van der Waals surface area (Å²) >= 11 is 0. The smallest absolute Gasteiger partial charge is 0.161 e. The van der Waals surface area contributed by atoms with Gasteiger partial charge in [0, 0.05) is 0 Å². The first-order valence-corrected chi connectivity index (χ1v) is 6.43. The van der Waals surface area contributed by atoms with Crippen molar-refractivity contribution in [3.63, 3.8) is 0 Å². The summed E-state index contributed by atoms with van der Waals surface area (Å²) in [4.78, 5) is 0. The van der Waals surface area contributed by atoms with Gasteiger partial charge in [-0.15, -0.1) is 0 Å². The van der Waals surface area contributed by atoms with Crippen molar-refractivity contribution in [3.05, 3.63) is 40.8 Å². The third-order valence-corrected chi connectivity index (χ3v) is 3.22. The minimum Gasteiger partial charge on any atom is -0.493 e. The van der Waals surface area contributed by atoms with Crippen molar-refractivity contribution in [2.45, 2.75) is 33.5 Å². The van der Waals surface area contributed by atoms with Crippen LogP contribution in [0, 0.1) is 13.8 Å². The fourth-order valence-electron chi connectivity index (χ4n) is 1.92. The quantitative estimate of drug-likeness (QED) is 0.910. The molecule has 0 saturated heterocycles. The molecule has 0 fully saturated rings. The Morgan fingerprint density at radius 3 is 2.60 bits per heavy atom. The standard InChI is InChI=1S/C15H19NO4/c1-9-13(11(3)20-16-9)8-19-14-6-5-12(10(2)17)7-15(14)18-4/h5-7,10,17H,8H2,1-4H3. The van der Waals surface area contributed by atoms with E-state index < -0.39 is 6.10 Å². The SMILES string of the molecule is COc1cc(C(C)O)ccc1OCc1c(C)noc1C. The van der Waals surface area contributed by atoms with Gasteiger partial charge in [0.15, 0.2) is 11.5 Å². The molecule has 1 aromatic heterocycles. The average molecular weight is 277 g/mol. The van der Waals surface area contributed by atoms with E-state index in [1.165, 1.54) is 0 Å². The zero-order valence-electron chi connectivity index (χ0n) is 12.1. The van der Waals surface area contributed by atoms with Gasteiger partial charge in [-0.25, -0.2) is 0 Å². The van der Waals surface area contributed by atoms with Crippen LogP contribution in [-0.4, -0.2) is 17.4 Å². The number of aryl methyl sites for hydroxylation is 2. The molecule has 2 rings (SSSR count). The fourth-order valence-corrected chi connectivity index (χ4v) is 1.92. The van der Waals surface area contributed by atoms with Gasteiger partial charge in [0.25, 0.3) is 0 Å². The van der Waals surface area contributed by atoms with Gasteiger partial charge in [-0.2, -0.15) is 0 Å². The van der Waals surface area contributed by atoms with Gasteiger partial charge in [-0.3, -0.25) is 0 Å². The Kier molecular flexibility index (Phi) is 4.29. The van der Waals surface area contributed by atoms with Crippen LogP contribution in [0.4, 0.5) is 0 Å². The van der Waals surface area contributed by atoms with Crippen LogP contribution in [0.15, 0.2) is 22.7 Å². The molecule has 1 unspecified atom stereocenters. The fraction of sp³-hybridized carbons (Fsp3) is 0.400. The summed E-state index contributed by atoms with van der Waals surface area (Å²) in [6.45, 7) is 5.81. The highest BCUT2D eigenvalue weighted by atomic mass is 16.5. The maximum atomic E-state index is 9.57. The Labute approximate surface area is 118 Å².